The van der Waals surface area contributed by atoms with Gasteiger partial charge in [0.15, 0.2) is 4.80 Å². The molecule has 0 saturated carbocycles. The maximum atomic E-state index is 14.1. The first-order chi connectivity index (χ1) is 20.9. The van der Waals surface area contributed by atoms with Crippen LogP contribution in [-0.4, -0.2) is 17.5 Å². The van der Waals surface area contributed by atoms with Gasteiger partial charge in [0, 0.05) is 27.5 Å². The van der Waals surface area contributed by atoms with Crippen molar-refractivity contribution in [1.29, 1.82) is 0 Å². The molecule has 6 nitrogen and oxygen atoms in total. The van der Waals surface area contributed by atoms with Gasteiger partial charge in [-0.1, -0.05) is 83.2 Å². The summed E-state index contributed by atoms with van der Waals surface area (Å²) in [5.41, 5.74) is 5.43. The van der Waals surface area contributed by atoms with Crippen LogP contribution >= 0.6 is 34.7 Å². The molecule has 0 radical (unpaired) electrons. The highest BCUT2D eigenvalue weighted by Gasteiger charge is 2.32. The normalized spacial score (nSPS) is 15.8. The highest BCUT2D eigenvalue weighted by Crippen LogP contribution is 2.47. The average Bonchev–Trinajstić information content (AvgIpc) is 3.31. The maximum Gasteiger partial charge on any atom is 0.271 e. The van der Waals surface area contributed by atoms with Gasteiger partial charge in [-0.15, -0.1) is 0 Å². The number of hydrogen-bond acceptors (Lipinski definition) is 6. The largest absolute Gasteiger partial charge is 0.343 e. The van der Waals surface area contributed by atoms with Crippen molar-refractivity contribution < 1.29 is 4.79 Å². The summed E-state index contributed by atoms with van der Waals surface area (Å²) < 4.78 is 2.17. The number of para-hydroxylation sites is 2. The fraction of sp³-hybridized carbons (Fsp3) is 0.0882. The Kier molecular flexibility index (Phi) is 7.05. The summed E-state index contributed by atoms with van der Waals surface area (Å²) in [4.78, 5) is 37.6. The molecule has 0 aliphatic carbocycles. The van der Waals surface area contributed by atoms with E-state index < -0.39 is 6.04 Å². The highest BCUT2D eigenvalue weighted by atomic mass is 35.5. The molecule has 0 unspecified atom stereocenters. The van der Waals surface area contributed by atoms with Gasteiger partial charge in [0.1, 0.15) is 0 Å². The number of carbonyl (C=O) groups is 1. The van der Waals surface area contributed by atoms with Crippen molar-refractivity contribution >= 4 is 63.7 Å². The third-order valence-electron chi connectivity index (χ3n) is 7.57. The van der Waals surface area contributed by atoms with E-state index in [1.807, 2.05) is 73.7 Å². The van der Waals surface area contributed by atoms with Crippen LogP contribution in [0, 0.1) is 0 Å². The zero-order valence-corrected chi connectivity index (χ0v) is 25.6. The Bertz CT molecular complexity index is 2120. The van der Waals surface area contributed by atoms with Crippen molar-refractivity contribution in [2.24, 2.45) is 4.99 Å². The second kappa shape index (κ2) is 11.0. The third kappa shape index (κ3) is 5.01. The molecule has 3 heterocycles. The minimum absolute atomic E-state index is 0.200. The topological polar surface area (TPSA) is 66.7 Å². The fourth-order valence-electron chi connectivity index (χ4n) is 5.49. The lowest BCUT2D eigenvalue weighted by atomic mass is 9.95. The number of allylic oxidation sites excluding steroid dienone is 1. The number of carbonyl (C=O) groups excluding carboxylic acids is 1. The molecule has 0 spiro atoms. The Labute approximate surface area is 261 Å². The molecule has 2 aliphatic heterocycles. The lowest BCUT2D eigenvalue weighted by Gasteiger charge is -2.29. The van der Waals surface area contributed by atoms with Gasteiger partial charge >= 0.3 is 0 Å². The number of nitrogens with zero attached hydrogens (tertiary/aromatic N) is 3. The molecule has 5 aromatic rings. The molecule has 212 valence electrons. The Morgan fingerprint density at radius 3 is 2.44 bits per heavy atom. The van der Waals surface area contributed by atoms with Crippen molar-refractivity contribution in [1.82, 2.24) is 4.57 Å². The Morgan fingerprint density at radius 2 is 1.65 bits per heavy atom. The van der Waals surface area contributed by atoms with Crippen molar-refractivity contribution in [2.45, 2.75) is 22.8 Å². The van der Waals surface area contributed by atoms with E-state index in [0.717, 1.165) is 21.7 Å². The van der Waals surface area contributed by atoms with Crippen LogP contribution in [0.15, 0.2) is 128 Å². The molecule has 4 aromatic carbocycles. The van der Waals surface area contributed by atoms with E-state index >= 15 is 0 Å². The summed E-state index contributed by atoms with van der Waals surface area (Å²) in [5, 5.41) is 3.56. The van der Waals surface area contributed by atoms with E-state index in [2.05, 4.69) is 41.5 Å². The number of nitrogens with one attached hydrogen (secondary N) is 1. The second-order valence-electron chi connectivity index (χ2n) is 10.3. The molecule has 1 atom stereocenters. The molecule has 1 amide bonds. The number of rotatable bonds is 4. The van der Waals surface area contributed by atoms with E-state index in [-0.39, 0.29) is 11.5 Å². The molecule has 1 aromatic heterocycles. The number of halogens is 1. The summed E-state index contributed by atoms with van der Waals surface area (Å²) >= 11 is 9.26. The summed E-state index contributed by atoms with van der Waals surface area (Å²) in [7, 11) is 2.07. The summed E-state index contributed by atoms with van der Waals surface area (Å²) in [6.07, 6.45) is 1.91. The molecule has 0 bridgehead atoms. The van der Waals surface area contributed by atoms with Gasteiger partial charge in [-0.2, -0.15) is 0 Å². The lowest BCUT2D eigenvalue weighted by molar-refractivity contribution is -0.113. The number of aromatic nitrogens is 1. The Morgan fingerprint density at radius 1 is 0.930 bits per heavy atom. The molecule has 43 heavy (non-hydrogen) atoms. The first-order valence-electron chi connectivity index (χ1n) is 13.7. The highest BCUT2D eigenvalue weighted by molar-refractivity contribution is 7.99. The lowest BCUT2D eigenvalue weighted by Crippen LogP contribution is -2.40. The third-order valence-corrected chi connectivity index (χ3v) is 9.92. The number of hydrogen-bond donors (Lipinski definition) is 1. The van der Waals surface area contributed by atoms with Crippen LogP contribution in [0.5, 0.6) is 0 Å². The fourth-order valence-corrected chi connectivity index (χ4v) is 7.86. The van der Waals surface area contributed by atoms with Gasteiger partial charge in [0.05, 0.1) is 33.2 Å². The molecule has 7 rings (SSSR count). The predicted molar refractivity (Wildman–Crippen MR) is 175 cm³/mol. The summed E-state index contributed by atoms with van der Waals surface area (Å²) in [6, 6.07) is 30.4. The molecule has 1 N–H and O–H groups in total. The minimum Gasteiger partial charge on any atom is -0.343 e. The van der Waals surface area contributed by atoms with Crippen LogP contribution in [0.25, 0.3) is 6.08 Å². The van der Waals surface area contributed by atoms with Gasteiger partial charge in [-0.3, -0.25) is 14.2 Å². The van der Waals surface area contributed by atoms with E-state index in [0.29, 0.717) is 31.3 Å². The Balaban J connectivity index is 1.32. The quantitative estimate of drug-likeness (QED) is 0.241. The molecular formula is C34H25ClN4O2S2. The van der Waals surface area contributed by atoms with E-state index in [1.54, 1.807) is 28.5 Å². The molecule has 9 heteroatoms. The van der Waals surface area contributed by atoms with Crippen LogP contribution in [0.3, 0.4) is 0 Å². The molecule has 0 saturated heterocycles. The number of anilines is 3. The van der Waals surface area contributed by atoms with Gasteiger partial charge in [-0.25, -0.2) is 4.99 Å². The standard InChI is InChI=1S/C34H25ClN4O2S2/c1-20-30(32(40)37-24-8-4-3-5-9-24)31(22-13-15-23(35)16-14-22)39-33(41)29(43-34(39)36-20)19-21-12-17-26-28(18-21)42-27-11-7-6-10-25(27)38(26)2/h3-19,31H,1-2H3,(H,37,40)/b29-19+/t31-/m0/s1. The van der Waals surface area contributed by atoms with Crippen LogP contribution in [0.4, 0.5) is 17.1 Å². The first kappa shape index (κ1) is 27.5. The van der Waals surface area contributed by atoms with E-state index in [4.69, 9.17) is 16.6 Å². The summed E-state index contributed by atoms with van der Waals surface area (Å²) in [5.74, 6) is -0.308. The van der Waals surface area contributed by atoms with Gasteiger partial charge < -0.3 is 10.2 Å². The van der Waals surface area contributed by atoms with Crippen molar-refractivity contribution in [3.8, 4) is 0 Å². The number of amides is 1. The summed E-state index contributed by atoms with van der Waals surface area (Å²) in [6.45, 7) is 1.81. The molecule has 2 aliphatic rings. The van der Waals surface area contributed by atoms with Crippen molar-refractivity contribution in [2.75, 3.05) is 17.3 Å². The minimum atomic E-state index is -0.663. The van der Waals surface area contributed by atoms with Crippen LogP contribution in [-0.2, 0) is 4.79 Å². The number of fused-ring (bicyclic) bond motifs is 3. The van der Waals surface area contributed by atoms with E-state index in [1.165, 1.54) is 21.9 Å². The van der Waals surface area contributed by atoms with Gasteiger partial charge in [-0.05, 0) is 72.7 Å². The number of benzene rings is 4. The molecular weight excluding hydrogens is 596 g/mol. The SMILES string of the molecule is CC1=C(C(=O)Nc2ccccc2)[C@H](c2ccc(Cl)cc2)n2c(s/c(=C/c3ccc4c(c3)Sc3ccccc3N4C)c2=O)=N1. The monoisotopic (exact) mass is 620 g/mol. The smallest absolute Gasteiger partial charge is 0.271 e. The zero-order chi connectivity index (χ0) is 29.7. The van der Waals surface area contributed by atoms with Crippen molar-refractivity contribution in [3.05, 3.63) is 144 Å². The zero-order valence-electron chi connectivity index (χ0n) is 23.2. The second-order valence-corrected chi connectivity index (χ2v) is 12.8. The van der Waals surface area contributed by atoms with Crippen LogP contribution in [0.2, 0.25) is 5.02 Å². The Hall–Kier alpha value is -4.37. The van der Waals surface area contributed by atoms with E-state index in [9.17, 15) is 9.59 Å². The predicted octanol–water partition coefficient (Wildman–Crippen LogP) is 6.76. The molecule has 0 fully saturated rings. The van der Waals surface area contributed by atoms with Gasteiger partial charge in [0.2, 0.25) is 0 Å². The maximum absolute atomic E-state index is 14.1. The average molecular weight is 621 g/mol. The van der Waals surface area contributed by atoms with Crippen molar-refractivity contribution in [3.63, 3.8) is 0 Å². The van der Waals surface area contributed by atoms with Crippen LogP contribution in [0.1, 0.15) is 24.1 Å². The van der Waals surface area contributed by atoms with Gasteiger partial charge in [0.25, 0.3) is 11.5 Å². The number of thiazole rings is 1. The van der Waals surface area contributed by atoms with Crippen LogP contribution < -0.4 is 25.1 Å². The first-order valence-corrected chi connectivity index (χ1v) is 15.7.